The molecule has 210 valence electrons. The van der Waals surface area contributed by atoms with Crippen molar-refractivity contribution in [3.63, 3.8) is 0 Å². The number of benzene rings is 2. The van der Waals surface area contributed by atoms with Crippen LogP contribution in [0.2, 0.25) is 0 Å². The van der Waals surface area contributed by atoms with Crippen LogP contribution in [0.25, 0.3) is 0 Å². The van der Waals surface area contributed by atoms with Crippen LogP contribution in [0.3, 0.4) is 0 Å². The second-order valence-electron chi connectivity index (χ2n) is 9.23. The van der Waals surface area contributed by atoms with Crippen LogP contribution >= 0.6 is 10.9 Å². The second kappa shape index (κ2) is 13.4. The molecule has 0 spiro atoms. The van der Waals surface area contributed by atoms with Crippen LogP contribution < -0.4 is 10.1 Å². The number of carbonyl (C=O) groups is 2. The van der Waals surface area contributed by atoms with Gasteiger partial charge in [0.05, 0.1) is 23.6 Å². The molecule has 0 unspecified atom stereocenters. The smallest absolute Gasteiger partial charge is 0.252 e. The largest absolute Gasteiger partial charge is 0.493 e. The number of hydrogen-bond donors (Lipinski definition) is 4. The van der Waals surface area contributed by atoms with Crippen LogP contribution in [0, 0.1) is 0 Å². The number of pyridine rings is 1. The molecule has 11 heteroatoms. The van der Waals surface area contributed by atoms with Gasteiger partial charge >= 0.3 is 0 Å². The lowest BCUT2D eigenvalue weighted by Crippen LogP contribution is -2.25. The Kier molecular flexibility index (Phi) is 9.78. The Bertz CT molecular complexity index is 1400. The average molecular weight is 565 g/mol. The number of ether oxygens (including phenoxy) is 1. The lowest BCUT2D eigenvalue weighted by atomic mass is 9.86. The van der Waals surface area contributed by atoms with Gasteiger partial charge in [-0.25, -0.2) is 4.98 Å². The van der Waals surface area contributed by atoms with Gasteiger partial charge in [-0.3, -0.25) is 9.59 Å². The number of rotatable bonds is 12. The highest BCUT2D eigenvalue weighted by atomic mass is 32.3. The first kappa shape index (κ1) is 29.1. The molecule has 10 nitrogen and oxygen atoms in total. The molecule has 2 aromatic carbocycles. The van der Waals surface area contributed by atoms with E-state index in [4.69, 9.17) is 4.74 Å². The number of Topliss-reactive ketones (excluding diaryl/α,β-unsaturated/α-hetero) is 1. The molecule has 1 aliphatic carbocycles. The predicted octanol–water partition coefficient (Wildman–Crippen LogP) is 6.39. The van der Waals surface area contributed by atoms with Gasteiger partial charge in [0.1, 0.15) is 16.6 Å². The first-order chi connectivity index (χ1) is 19.3. The molecule has 0 saturated carbocycles. The van der Waals surface area contributed by atoms with Crippen molar-refractivity contribution in [2.45, 2.75) is 43.5 Å². The minimum absolute atomic E-state index is 0.00398. The van der Waals surface area contributed by atoms with Crippen molar-refractivity contribution in [3.8, 4) is 5.75 Å². The van der Waals surface area contributed by atoms with Crippen LogP contribution in [0.4, 0.5) is 5.82 Å². The predicted molar refractivity (Wildman–Crippen MR) is 153 cm³/mol. The van der Waals surface area contributed by atoms with E-state index in [9.17, 15) is 23.2 Å². The summed E-state index contributed by atoms with van der Waals surface area (Å²) in [7, 11) is -3.86. The van der Waals surface area contributed by atoms with E-state index >= 15 is 0 Å². The van der Waals surface area contributed by atoms with Crippen molar-refractivity contribution in [1.29, 1.82) is 0 Å². The Hall–Kier alpha value is -3.90. The fourth-order valence-electron chi connectivity index (χ4n) is 4.51. The summed E-state index contributed by atoms with van der Waals surface area (Å²) >= 11 is 0. The molecule has 0 fully saturated rings. The summed E-state index contributed by atoms with van der Waals surface area (Å²) in [6.07, 6.45) is 6.73. The molecule has 0 saturated heterocycles. The number of nitrogens with one attached hydrogen (secondary N) is 1. The normalized spacial score (nSPS) is 13.6. The molecule has 3 aromatic rings. The maximum absolute atomic E-state index is 12.5. The van der Waals surface area contributed by atoms with E-state index in [2.05, 4.69) is 27.1 Å². The lowest BCUT2D eigenvalue weighted by molar-refractivity contribution is 0.0948. The summed E-state index contributed by atoms with van der Waals surface area (Å²) in [6, 6.07) is 13.1. The standard InChI is InChI=1S/C29H32N4O6S/c1-2-7-24-22-9-5-10-25(34)23(22)13-14-26(24)39-17-6-16-30-29(35)21-12-15-28(31-18-21)33-32-19-20-8-3-4-11-27(20)40(36,37)38/h2-4,8,11-15,18,36-38H,1,5-7,9-10,16-17,19H2,(H,30,35). The van der Waals surface area contributed by atoms with Crippen molar-refractivity contribution in [2.24, 2.45) is 10.2 Å². The summed E-state index contributed by atoms with van der Waals surface area (Å²) in [4.78, 5) is 28.9. The number of aromatic nitrogens is 1. The van der Waals surface area contributed by atoms with Gasteiger partial charge in [0.2, 0.25) is 0 Å². The fraction of sp³-hybridized carbons (Fsp3) is 0.276. The zero-order chi connectivity index (χ0) is 28.5. The molecular weight excluding hydrogens is 532 g/mol. The number of ketones is 1. The van der Waals surface area contributed by atoms with E-state index in [1.54, 1.807) is 30.3 Å². The van der Waals surface area contributed by atoms with Crippen molar-refractivity contribution in [2.75, 3.05) is 13.2 Å². The van der Waals surface area contributed by atoms with Gasteiger partial charge in [0.15, 0.2) is 11.6 Å². The summed E-state index contributed by atoms with van der Waals surface area (Å²) in [5, 5.41) is 10.8. The quantitative estimate of drug-likeness (QED) is 0.113. The number of amides is 1. The minimum atomic E-state index is -3.86. The molecule has 0 radical (unpaired) electrons. The van der Waals surface area contributed by atoms with Gasteiger partial charge in [-0.15, -0.1) is 11.7 Å². The molecule has 0 atom stereocenters. The molecule has 1 aliphatic rings. The Morgan fingerprint density at radius 3 is 2.70 bits per heavy atom. The molecular formula is C29H32N4O6S. The average Bonchev–Trinajstić information content (AvgIpc) is 2.94. The molecule has 1 heterocycles. The second-order valence-corrected chi connectivity index (χ2v) is 10.7. The highest BCUT2D eigenvalue weighted by Crippen LogP contribution is 2.45. The Morgan fingerprint density at radius 1 is 1.12 bits per heavy atom. The maximum atomic E-state index is 12.5. The molecule has 0 bridgehead atoms. The Balaban J connectivity index is 1.25. The zero-order valence-electron chi connectivity index (χ0n) is 22.0. The van der Waals surface area contributed by atoms with Crippen LogP contribution in [0.5, 0.6) is 5.75 Å². The number of hydrogen-bond acceptors (Lipinski definition) is 9. The number of carbonyl (C=O) groups excluding carboxylic acids is 2. The summed E-state index contributed by atoms with van der Waals surface area (Å²) in [6.45, 7) is 4.66. The third-order valence-electron chi connectivity index (χ3n) is 6.42. The number of fused-ring (bicyclic) bond motifs is 1. The Labute approximate surface area is 234 Å². The van der Waals surface area contributed by atoms with E-state index in [-0.39, 0.29) is 28.9 Å². The molecule has 4 N–H and O–H groups in total. The Morgan fingerprint density at radius 2 is 1.95 bits per heavy atom. The molecule has 40 heavy (non-hydrogen) atoms. The van der Waals surface area contributed by atoms with Crippen LogP contribution in [-0.4, -0.2) is 43.5 Å². The van der Waals surface area contributed by atoms with Crippen LogP contribution in [-0.2, 0) is 19.4 Å². The van der Waals surface area contributed by atoms with Crippen molar-refractivity contribution in [1.82, 2.24) is 10.3 Å². The number of allylic oxidation sites excluding steroid dienone is 1. The van der Waals surface area contributed by atoms with Crippen LogP contribution in [0.15, 0.2) is 82.5 Å². The topological polar surface area (TPSA) is 154 Å². The van der Waals surface area contributed by atoms with Gasteiger partial charge in [-0.2, -0.15) is 5.11 Å². The van der Waals surface area contributed by atoms with Gasteiger partial charge in [0.25, 0.3) is 5.91 Å². The van der Waals surface area contributed by atoms with Gasteiger partial charge in [-0.05, 0) is 67.1 Å². The lowest BCUT2D eigenvalue weighted by Gasteiger charge is -2.21. The maximum Gasteiger partial charge on any atom is 0.252 e. The minimum Gasteiger partial charge on any atom is -0.493 e. The number of azo groups is 1. The monoisotopic (exact) mass is 564 g/mol. The highest BCUT2D eigenvalue weighted by molar-refractivity contribution is 8.19. The number of nitrogens with zero attached hydrogens (tertiary/aromatic N) is 3. The van der Waals surface area contributed by atoms with Crippen LogP contribution in [0.1, 0.15) is 56.7 Å². The third kappa shape index (κ3) is 7.39. The van der Waals surface area contributed by atoms with Gasteiger partial charge < -0.3 is 23.7 Å². The first-order valence-corrected chi connectivity index (χ1v) is 14.4. The fourth-order valence-corrected chi connectivity index (χ4v) is 5.25. The van der Waals surface area contributed by atoms with E-state index in [0.717, 1.165) is 35.3 Å². The van der Waals surface area contributed by atoms with E-state index < -0.39 is 10.9 Å². The molecule has 0 aliphatic heterocycles. The van der Waals surface area contributed by atoms with E-state index in [1.807, 2.05) is 18.2 Å². The zero-order valence-corrected chi connectivity index (χ0v) is 22.8. The van der Waals surface area contributed by atoms with E-state index in [1.165, 1.54) is 12.3 Å². The van der Waals surface area contributed by atoms with Crippen molar-refractivity contribution in [3.05, 3.63) is 95.2 Å². The van der Waals surface area contributed by atoms with Gasteiger partial charge in [-0.1, -0.05) is 24.3 Å². The highest BCUT2D eigenvalue weighted by Gasteiger charge is 2.22. The SMILES string of the molecule is C=CCc1c(OCCCNC(=O)c2ccc(N=NCc3ccccc3S(O)(O)O)nc2)ccc2c1CCCC2=O. The summed E-state index contributed by atoms with van der Waals surface area (Å²) in [5.41, 5.74) is 3.66. The summed E-state index contributed by atoms with van der Waals surface area (Å²) < 4.78 is 34.6. The molecule has 1 aromatic heterocycles. The summed E-state index contributed by atoms with van der Waals surface area (Å²) in [5.74, 6) is 0.928. The molecule has 1 amide bonds. The first-order valence-electron chi connectivity index (χ1n) is 12.9. The molecule has 4 rings (SSSR count). The van der Waals surface area contributed by atoms with Crippen molar-refractivity contribution >= 4 is 28.4 Å². The third-order valence-corrected chi connectivity index (χ3v) is 7.41. The van der Waals surface area contributed by atoms with E-state index in [0.29, 0.717) is 43.5 Å². The van der Waals surface area contributed by atoms with Crippen molar-refractivity contribution < 1.29 is 28.0 Å². The van der Waals surface area contributed by atoms with Gasteiger partial charge in [0, 0.05) is 30.3 Å².